The van der Waals surface area contributed by atoms with Gasteiger partial charge in [0.05, 0.1) is 45.2 Å². The molecule has 2 aliphatic heterocycles. The van der Waals surface area contributed by atoms with Gasteiger partial charge in [-0.05, 0) is 23.7 Å². The van der Waals surface area contributed by atoms with Crippen LogP contribution in [0.15, 0.2) is 91.0 Å². The van der Waals surface area contributed by atoms with Crippen molar-refractivity contribution in [2.24, 2.45) is 0 Å². The first-order valence-corrected chi connectivity index (χ1v) is 14.9. The van der Waals surface area contributed by atoms with Crippen LogP contribution in [0.3, 0.4) is 0 Å². The minimum absolute atomic E-state index is 0.0429. The van der Waals surface area contributed by atoms with E-state index in [1.165, 1.54) is 0 Å². The van der Waals surface area contributed by atoms with E-state index in [0.29, 0.717) is 32.8 Å². The van der Waals surface area contributed by atoms with Crippen molar-refractivity contribution in [3.8, 4) is 0 Å². The zero-order valence-electron chi connectivity index (χ0n) is 24.8. The molecule has 3 aromatic carbocycles. The number of hydrogen-bond donors (Lipinski definition) is 2. The van der Waals surface area contributed by atoms with Gasteiger partial charge < -0.3 is 43.6 Å². The Morgan fingerprint density at radius 3 is 1.79 bits per heavy atom. The summed E-state index contributed by atoms with van der Waals surface area (Å²) in [6.07, 6.45) is -3.87. The van der Waals surface area contributed by atoms with Crippen molar-refractivity contribution in [2.75, 3.05) is 27.4 Å². The van der Waals surface area contributed by atoms with Gasteiger partial charge in [0.25, 0.3) is 0 Å². The second-order valence-corrected chi connectivity index (χ2v) is 10.9. The highest BCUT2D eigenvalue weighted by molar-refractivity contribution is 5.15. The SMILES string of the molecule is CN[C@H]1CO[C@@H](OC[C@H]2O[C@@H](O)[C@H](OCc3ccccc3)[C@@H](OCc3ccccc3)[C@@H]2OC)C[C@@H]1OCc1ccccc1. The predicted molar refractivity (Wildman–Crippen MR) is 160 cm³/mol. The van der Waals surface area contributed by atoms with Crippen molar-refractivity contribution in [3.63, 3.8) is 0 Å². The van der Waals surface area contributed by atoms with Crippen LogP contribution < -0.4 is 5.32 Å². The molecule has 0 bridgehead atoms. The lowest BCUT2D eigenvalue weighted by Crippen LogP contribution is -2.61. The topological polar surface area (TPSA) is 96.9 Å². The van der Waals surface area contributed by atoms with E-state index in [4.69, 9.17) is 33.2 Å². The molecule has 9 heteroatoms. The lowest BCUT2D eigenvalue weighted by molar-refractivity contribution is -0.320. The van der Waals surface area contributed by atoms with Crippen LogP contribution in [0.4, 0.5) is 0 Å². The molecule has 5 rings (SSSR count). The fraction of sp³-hybridized carbons (Fsp3) is 0.471. The van der Waals surface area contributed by atoms with Gasteiger partial charge in [0.1, 0.15) is 24.4 Å². The Morgan fingerprint density at radius 1 is 0.721 bits per heavy atom. The summed E-state index contributed by atoms with van der Waals surface area (Å²) < 4.78 is 43.0. The normalized spacial score (nSPS) is 29.4. The first kappa shape index (κ1) is 31.7. The van der Waals surface area contributed by atoms with Gasteiger partial charge in [0, 0.05) is 13.5 Å². The first-order chi connectivity index (χ1) is 21.1. The van der Waals surface area contributed by atoms with Crippen molar-refractivity contribution in [3.05, 3.63) is 108 Å². The van der Waals surface area contributed by atoms with Crippen molar-refractivity contribution < 1.29 is 38.3 Å². The molecule has 9 nitrogen and oxygen atoms in total. The molecule has 2 saturated heterocycles. The fourth-order valence-electron chi connectivity index (χ4n) is 5.50. The van der Waals surface area contributed by atoms with Gasteiger partial charge in [-0.25, -0.2) is 0 Å². The number of benzene rings is 3. The summed E-state index contributed by atoms with van der Waals surface area (Å²) in [7, 11) is 3.51. The number of ether oxygens (including phenoxy) is 7. The minimum Gasteiger partial charge on any atom is -0.376 e. The maximum Gasteiger partial charge on any atom is 0.184 e. The first-order valence-electron chi connectivity index (χ1n) is 14.9. The molecule has 232 valence electrons. The van der Waals surface area contributed by atoms with E-state index in [9.17, 15) is 5.11 Å². The second kappa shape index (κ2) is 16.4. The summed E-state index contributed by atoms with van der Waals surface area (Å²) in [5.74, 6) is 0. The number of aliphatic hydroxyl groups excluding tert-OH is 1. The van der Waals surface area contributed by atoms with Crippen LogP contribution in [0, 0.1) is 0 Å². The number of likely N-dealkylation sites (N-methyl/N-ethyl adjacent to an activating group) is 1. The average Bonchev–Trinajstić information content (AvgIpc) is 3.06. The van der Waals surface area contributed by atoms with Gasteiger partial charge in [0.2, 0.25) is 0 Å². The fourth-order valence-corrected chi connectivity index (χ4v) is 5.50. The van der Waals surface area contributed by atoms with Crippen LogP contribution in [0.5, 0.6) is 0 Å². The summed E-state index contributed by atoms with van der Waals surface area (Å²) in [5.41, 5.74) is 3.10. The van der Waals surface area contributed by atoms with E-state index in [1.54, 1.807) is 7.11 Å². The lowest BCUT2D eigenvalue weighted by Gasteiger charge is -2.44. The molecular weight excluding hydrogens is 550 g/mol. The summed E-state index contributed by atoms with van der Waals surface area (Å²) in [6, 6.07) is 29.8. The van der Waals surface area contributed by atoms with Crippen LogP contribution in [0.25, 0.3) is 0 Å². The van der Waals surface area contributed by atoms with E-state index in [0.717, 1.165) is 16.7 Å². The summed E-state index contributed by atoms with van der Waals surface area (Å²) in [4.78, 5) is 0. The summed E-state index contributed by atoms with van der Waals surface area (Å²) >= 11 is 0. The Bertz CT molecular complexity index is 1190. The van der Waals surface area contributed by atoms with E-state index >= 15 is 0 Å². The number of aliphatic hydroxyl groups is 1. The highest BCUT2D eigenvalue weighted by Gasteiger charge is 2.48. The Balaban J connectivity index is 1.22. The second-order valence-electron chi connectivity index (χ2n) is 10.9. The highest BCUT2D eigenvalue weighted by atomic mass is 16.7. The van der Waals surface area contributed by atoms with Gasteiger partial charge in [-0.1, -0.05) is 91.0 Å². The van der Waals surface area contributed by atoms with Crippen molar-refractivity contribution in [1.29, 1.82) is 0 Å². The largest absolute Gasteiger partial charge is 0.376 e. The molecule has 43 heavy (non-hydrogen) atoms. The van der Waals surface area contributed by atoms with Gasteiger partial charge in [-0.2, -0.15) is 0 Å². The lowest BCUT2D eigenvalue weighted by atomic mass is 9.98. The monoisotopic (exact) mass is 593 g/mol. The van der Waals surface area contributed by atoms with Crippen LogP contribution >= 0.6 is 0 Å². The van der Waals surface area contributed by atoms with Gasteiger partial charge >= 0.3 is 0 Å². The van der Waals surface area contributed by atoms with Crippen molar-refractivity contribution in [2.45, 2.75) is 75.4 Å². The van der Waals surface area contributed by atoms with Crippen LogP contribution in [-0.4, -0.2) is 81.6 Å². The molecule has 2 N–H and O–H groups in total. The molecule has 0 amide bonds. The third-order valence-corrected chi connectivity index (χ3v) is 7.91. The third-order valence-electron chi connectivity index (χ3n) is 7.91. The molecule has 0 spiro atoms. The number of methoxy groups -OCH3 is 1. The summed E-state index contributed by atoms with van der Waals surface area (Å²) in [6.45, 7) is 1.70. The van der Waals surface area contributed by atoms with Crippen LogP contribution in [-0.2, 0) is 53.0 Å². The molecule has 0 saturated carbocycles. The van der Waals surface area contributed by atoms with Gasteiger partial charge in [0.15, 0.2) is 12.6 Å². The quantitative estimate of drug-likeness (QED) is 0.289. The van der Waals surface area contributed by atoms with E-state index in [-0.39, 0.29) is 18.8 Å². The molecule has 0 aliphatic carbocycles. The zero-order chi connectivity index (χ0) is 29.9. The zero-order valence-corrected chi connectivity index (χ0v) is 24.8. The number of nitrogens with one attached hydrogen (secondary N) is 1. The molecule has 2 aliphatic rings. The Hall–Kier alpha value is -2.70. The number of hydrogen-bond acceptors (Lipinski definition) is 9. The van der Waals surface area contributed by atoms with Gasteiger partial charge in [-0.15, -0.1) is 0 Å². The van der Waals surface area contributed by atoms with Crippen LogP contribution in [0.2, 0.25) is 0 Å². The molecule has 2 fully saturated rings. The van der Waals surface area contributed by atoms with Crippen molar-refractivity contribution in [1.82, 2.24) is 5.32 Å². The molecule has 2 heterocycles. The number of rotatable bonds is 14. The highest BCUT2D eigenvalue weighted by Crippen LogP contribution is 2.30. The maximum absolute atomic E-state index is 11.1. The van der Waals surface area contributed by atoms with E-state index < -0.39 is 37.0 Å². The maximum atomic E-state index is 11.1. The minimum atomic E-state index is -1.24. The smallest absolute Gasteiger partial charge is 0.184 e. The molecule has 0 aromatic heterocycles. The molecular formula is C34H43NO8. The van der Waals surface area contributed by atoms with Crippen molar-refractivity contribution >= 4 is 0 Å². The summed E-state index contributed by atoms with van der Waals surface area (Å²) in [5, 5.41) is 14.4. The third kappa shape index (κ3) is 8.92. The van der Waals surface area contributed by atoms with Crippen LogP contribution in [0.1, 0.15) is 23.1 Å². The Labute approximate surface area is 254 Å². The average molecular weight is 594 g/mol. The van der Waals surface area contributed by atoms with Gasteiger partial charge in [-0.3, -0.25) is 0 Å². The standard InChI is InChI=1S/C34H43NO8/c1-35-27-22-39-30(18-28(27)38-19-24-12-6-3-7-13-24)40-23-29-31(37-2)32(41-20-25-14-8-4-9-15-25)33(34(36)43-29)42-21-26-16-10-5-11-17-26/h3-17,27-36H,18-23H2,1-2H3/t27-,28-,29+,30-,31+,32-,33+,34+/m0/s1. The molecule has 0 unspecified atom stereocenters. The molecule has 3 aromatic rings. The van der Waals surface area contributed by atoms with E-state index in [1.807, 2.05) is 98.0 Å². The Kier molecular flexibility index (Phi) is 12.1. The molecule has 0 radical (unpaired) electrons. The Morgan fingerprint density at radius 2 is 1.26 bits per heavy atom. The predicted octanol–water partition coefficient (Wildman–Crippen LogP) is 3.83. The molecule has 8 atom stereocenters. The van der Waals surface area contributed by atoms with E-state index in [2.05, 4.69) is 5.32 Å².